The molecule has 2 atom stereocenters. The second kappa shape index (κ2) is 11.8. The molecule has 2 aliphatic carbocycles. The van der Waals surface area contributed by atoms with Crippen molar-refractivity contribution in [2.75, 3.05) is 9.80 Å². The highest BCUT2D eigenvalue weighted by molar-refractivity contribution is 5.87. The van der Waals surface area contributed by atoms with E-state index in [1.54, 1.807) is 0 Å². The summed E-state index contributed by atoms with van der Waals surface area (Å²) < 4.78 is 0. The Balaban J connectivity index is 1.25. The molecule has 2 aliphatic rings. The molecule has 0 heterocycles. The van der Waals surface area contributed by atoms with E-state index in [-0.39, 0.29) is 16.5 Å². The molecular weight excluding hydrogens is 593 g/mol. The van der Waals surface area contributed by atoms with Gasteiger partial charge in [-0.25, -0.2) is 0 Å². The van der Waals surface area contributed by atoms with E-state index in [9.17, 15) is 0 Å². The fraction of sp³-hybridized carbons (Fsp3) is 0.234. The van der Waals surface area contributed by atoms with Crippen molar-refractivity contribution >= 4 is 22.7 Å². The summed E-state index contributed by atoms with van der Waals surface area (Å²) in [6.45, 7) is 11.9. The molecule has 49 heavy (non-hydrogen) atoms. The van der Waals surface area contributed by atoms with Crippen LogP contribution in [0, 0.1) is 0 Å². The molecule has 244 valence electrons. The number of benzene rings is 6. The molecule has 0 aliphatic heterocycles. The predicted octanol–water partition coefficient (Wildman–Crippen LogP) is 12.7. The largest absolute Gasteiger partial charge is 0.331 e. The minimum absolute atomic E-state index is 0.125. The summed E-state index contributed by atoms with van der Waals surface area (Å²) >= 11 is 0. The van der Waals surface area contributed by atoms with Crippen LogP contribution in [0.15, 0.2) is 152 Å². The van der Waals surface area contributed by atoms with Crippen molar-refractivity contribution in [2.24, 2.45) is 0 Å². The van der Waals surface area contributed by atoms with Gasteiger partial charge in [-0.1, -0.05) is 131 Å². The minimum Gasteiger partial charge on any atom is -0.331 e. The average Bonchev–Trinajstić information content (AvgIpc) is 3.70. The fourth-order valence-corrected chi connectivity index (χ4v) is 8.80. The predicted molar refractivity (Wildman–Crippen MR) is 207 cm³/mol. The van der Waals surface area contributed by atoms with Crippen LogP contribution < -0.4 is 9.80 Å². The van der Waals surface area contributed by atoms with Gasteiger partial charge in [-0.15, -0.1) is 0 Å². The van der Waals surface area contributed by atoms with Crippen molar-refractivity contribution in [1.82, 2.24) is 0 Å². The van der Waals surface area contributed by atoms with Crippen molar-refractivity contribution in [3.8, 4) is 11.1 Å². The van der Waals surface area contributed by atoms with E-state index >= 15 is 0 Å². The second-order valence-electron chi connectivity index (χ2n) is 14.6. The highest BCUT2D eigenvalue weighted by atomic mass is 15.2. The van der Waals surface area contributed by atoms with Crippen LogP contribution in [0.4, 0.5) is 22.7 Å². The lowest BCUT2D eigenvalue weighted by Crippen LogP contribution is -2.40. The van der Waals surface area contributed by atoms with Gasteiger partial charge in [0.15, 0.2) is 0 Å². The molecular formula is C47H46N2. The molecule has 6 aromatic carbocycles. The molecule has 0 amide bonds. The van der Waals surface area contributed by atoms with Gasteiger partial charge < -0.3 is 9.80 Å². The lowest BCUT2D eigenvalue weighted by molar-refractivity contribution is 0.462. The van der Waals surface area contributed by atoms with Gasteiger partial charge in [0, 0.05) is 28.2 Å². The third kappa shape index (κ3) is 4.76. The fourth-order valence-electron chi connectivity index (χ4n) is 8.80. The monoisotopic (exact) mass is 638 g/mol. The maximum absolute atomic E-state index is 2.60. The molecule has 0 spiro atoms. The molecule has 0 bridgehead atoms. The van der Waals surface area contributed by atoms with E-state index in [0.717, 1.165) is 19.3 Å². The first kappa shape index (κ1) is 31.2. The zero-order chi connectivity index (χ0) is 33.8. The van der Waals surface area contributed by atoms with Crippen LogP contribution in [0.2, 0.25) is 0 Å². The Hall–Kier alpha value is -5.08. The van der Waals surface area contributed by atoms with Crippen LogP contribution in [-0.4, -0.2) is 0 Å². The maximum atomic E-state index is 2.60. The van der Waals surface area contributed by atoms with Crippen LogP contribution in [-0.2, 0) is 16.5 Å². The van der Waals surface area contributed by atoms with E-state index in [1.165, 1.54) is 61.7 Å². The molecule has 0 fully saturated rings. The Morgan fingerprint density at radius 1 is 0.510 bits per heavy atom. The summed E-state index contributed by atoms with van der Waals surface area (Å²) in [5, 5.41) is 0. The number of rotatable bonds is 10. The molecule has 6 aromatic rings. The van der Waals surface area contributed by atoms with Gasteiger partial charge >= 0.3 is 0 Å². The van der Waals surface area contributed by atoms with Crippen molar-refractivity contribution in [3.63, 3.8) is 0 Å². The van der Waals surface area contributed by atoms with E-state index in [4.69, 9.17) is 0 Å². The third-order valence-electron chi connectivity index (χ3n) is 11.5. The summed E-state index contributed by atoms with van der Waals surface area (Å²) in [5.41, 5.74) is 14.3. The Morgan fingerprint density at radius 3 is 1.47 bits per heavy atom. The lowest BCUT2D eigenvalue weighted by Gasteiger charge is -2.43. The Bertz CT molecular complexity index is 2020. The summed E-state index contributed by atoms with van der Waals surface area (Å²) in [4.78, 5) is 5.13. The highest BCUT2D eigenvalue weighted by Gasteiger charge is 2.56. The van der Waals surface area contributed by atoms with Gasteiger partial charge in [0.05, 0.1) is 11.1 Å². The second-order valence-corrected chi connectivity index (χ2v) is 14.6. The summed E-state index contributed by atoms with van der Waals surface area (Å²) in [6.07, 6.45) is 3.14. The van der Waals surface area contributed by atoms with Gasteiger partial charge in [-0.05, 0) is 113 Å². The first-order chi connectivity index (χ1) is 23.8. The van der Waals surface area contributed by atoms with Crippen molar-refractivity contribution in [3.05, 3.63) is 179 Å². The van der Waals surface area contributed by atoms with Crippen LogP contribution in [0.25, 0.3) is 11.1 Å². The zero-order valence-electron chi connectivity index (χ0n) is 29.4. The molecule has 0 saturated heterocycles. The van der Waals surface area contributed by atoms with Crippen LogP contribution >= 0.6 is 0 Å². The van der Waals surface area contributed by atoms with E-state index in [0.29, 0.717) is 0 Å². The third-order valence-corrected chi connectivity index (χ3v) is 11.5. The summed E-state index contributed by atoms with van der Waals surface area (Å²) in [6, 6.07) is 56.1. The summed E-state index contributed by atoms with van der Waals surface area (Å²) in [7, 11) is 0. The van der Waals surface area contributed by atoms with Gasteiger partial charge in [0.2, 0.25) is 0 Å². The van der Waals surface area contributed by atoms with Gasteiger partial charge in [0.1, 0.15) is 0 Å². The van der Waals surface area contributed by atoms with Crippen molar-refractivity contribution in [2.45, 2.75) is 70.4 Å². The molecule has 2 heteroatoms. The van der Waals surface area contributed by atoms with Gasteiger partial charge in [-0.2, -0.15) is 0 Å². The van der Waals surface area contributed by atoms with Crippen LogP contribution in [0.3, 0.4) is 0 Å². The highest BCUT2D eigenvalue weighted by Crippen LogP contribution is 2.63. The van der Waals surface area contributed by atoms with E-state index < -0.39 is 0 Å². The number of hydrogen-bond acceptors (Lipinski definition) is 2. The number of hydrogen-bond donors (Lipinski definition) is 0. The molecule has 0 radical (unpaired) electrons. The standard InChI is InChI=1S/C47H46N2/c1-6-30-47(49(37-24-16-10-17-25-37)38-26-18-11-19-27-38)43-32-40-39-29-28-34(31-41(39)45(3,4)42(40)33-44(43)47)46(5,7-2)48(35-20-12-8-13-21-35)36-22-14-9-15-23-36/h8-29,31-33H,6-7,30H2,1-5H3. The molecule has 2 unspecified atom stereocenters. The normalized spacial score (nSPS) is 17.7. The Kier molecular flexibility index (Phi) is 7.52. The first-order valence-corrected chi connectivity index (χ1v) is 18.0. The molecule has 8 rings (SSSR count). The number of anilines is 4. The SMILES string of the molecule is CCCC1(N(c2ccccc2)c2ccccc2)c2cc3c(cc21)C(C)(C)c1cc(C(C)(CC)N(c2ccccc2)c2ccccc2)ccc1-3. The molecule has 0 N–H and O–H groups in total. The maximum Gasteiger partial charge on any atom is 0.0962 e. The Labute approximate surface area is 292 Å². The van der Waals surface area contributed by atoms with Crippen molar-refractivity contribution < 1.29 is 0 Å². The minimum atomic E-state index is -0.252. The van der Waals surface area contributed by atoms with Gasteiger partial charge in [0.25, 0.3) is 0 Å². The quantitative estimate of drug-likeness (QED) is 0.147. The van der Waals surface area contributed by atoms with E-state index in [2.05, 4.69) is 196 Å². The molecule has 2 nitrogen and oxygen atoms in total. The van der Waals surface area contributed by atoms with Gasteiger partial charge in [-0.3, -0.25) is 0 Å². The number of para-hydroxylation sites is 4. The van der Waals surface area contributed by atoms with Crippen LogP contribution in [0.5, 0.6) is 0 Å². The van der Waals surface area contributed by atoms with Crippen LogP contribution in [0.1, 0.15) is 81.7 Å². The summed E-state index contributed by atoms with van der Waals surface area (Å²) in [5.74, 6) is 0. The number of nitrogens with zero attached hydrogens (tertiary/aromatic N) is 2. The zero-order valence-corrected chi connectivity index (χ0v) is 29.4. The van der Waals surface area contributed by atoms with E-state index in [1.807, 2.05) is 0 Å². The average molecular weight is 639 g/mol. The smallest absolute Gasteiger partial charge is 0.0962 e. The molecule has 0 saturated carbocycles. The molecule has 0 aromatic heterocycles. The number of fused-ring (bicyclic) bond motifs is 4. The Morgan fingerprint density at radius 2 is 0.980 bits per heavy atom. The lowest BCUT2D eigenvalue weighted by atomic mass is 9.79. The topological polar surface area (TPSA) is 6.48 Å². The first-order valence-electron chi connectivity index (χ1n) is 18.0. The van der Waals surface area contributed by atoms with Crippen molar-refractivity contribution in [1.29, 1.82) is 0 Å².